The zero-order chi connectivity index (χ0) is 13.2. The molecule has 6 heteroatoms. The van der Waals surface area contributed by atoms with Gasteiger partial charge in [-0.2, -0.15) is 0 Å². The van der Waals surface area contributed by atoms with Gasteiger partial charge in [-0.15, -0.1) is 5.10 Å². The third-order valence-electron chi connectivity index (χ3n) is 2.79. The number of pyridine rings is 1. The summed E-state index contributed by atoms with van der Waals surface area (Å²) in [4.78, 5) is 4.45. The molecule has 0 saturated heterocycles. The normalized spacial score (nSPS) is 10.8. The molecule has 0 aliphatic rings. The molecule has 1 N–H and O–H groups in total. The quantitative estimate of drug-likeness (QED) is 0.807. The highest BCUT2D eigenvalue weighted by atomic mass is 79.9. The molecule has 0 aliphatic heterocycles. The monoisotopic (exact) mass is 317 g/mol. The fourth-order valence-electron chi connectivity index (χ4n) is 1.94. The van der Waals surface area contributed by atoms with Gasteiger partial charge in [-0.25, -0.2) is 0 Å². The Hall–Kier alpha value is -1.95. The number of aromatic nitrogens is 4. The number of nitrogens with one attached hydrogen (secondary N) is 1. The van der Waals surface area contributed by atoms with E-state index < -0.39 is 0 Å². The van der Waals surface area contributed by atoms with Crippen LogP contribution in [0.25, 0.3) is 10.9 Å². The molecule has 3 rings (SSSR count). The van der Waals surface area contributed by atoms with Gasteiger partial charge >= 0.3 is 0 Å². The van der Waals surface area contributed by atoms with E-state index in [-0.39, 0.29) is 0 Å². The minimum atomic E-state index is 0.630. The highest BCUT2D eigenvalue weighted by Crippen LogP contribution is 2.24. The summed E-state index contributed by atoms with van der Waals surface area (Å²) in [6.45, 7) is 0.630. The van der Waals surface area contributed by atoms with Crippen LogP contribution in [-0.2, 0) is 13.6 Å². The lowest BCUT2D eigenvalue weighted by atomic mass is 10.2. The first-order valence-electron chi connectivity index (χ1n) is 5.86. The molecule has 3 aromatic rings. The molecule has 0 saturated carbocycles. The van der Waals surface area contributed by atoms with Crippen molar-refractivity contribution in [3.05, 3.63) is 46.8 Å². The van der Waals surface area contributed by atoms with E-state index in [1.54, 1.807) is 10.9 Å². The molecule has 2 heterocycles. The Morgan fingerprint density at radius 3 is 3.05 bits per heavy atom. The van der Waals surface area contributed by atoms with Crippen LogP contribution in [0.2, 0.25) is 0 Å². The maximum atomic E-state index is 4.45. The van der Waals surface area contributed by atoms with Crippen molar-refractivity contribution in [3.8, 4) is 0 Å². The van der Waals surface area contributed by atoms with Crippen LogP contribution in [0, 0.1) is 0 Å². The third-order valence-corrected chi connectivity index (χ3v) is 3.22. The predicted octanol–water partition coefficient (Wildman–Crippen LogP) is 2.74. The molecule has 0 spiro atoms. The van der Waals surface area contributed by atoms with E-state index >= 15 is 0 Å². The number of aryl methyl sites for hydroxylation is 1. The summed E-state index contributed by atoms with van der Waals surface area (Å²) >= 11 is 3.43. The van der Waals surface area contributed by atoms with Crippen molar-refractivity contribution in [1.29, 1.82) is 0 Å². The molecular formula is C13H12BrN5. The maximum Gasteiger partial charge on any atom is 0.102 e. The number of para-hydroxylation sites is 1. The Morgan fingerprint density at radius 1 is 1.37 bits per heavy atom. The Morgan fingerprint density at radius 2 is 2.26 bits per heavy atom. The third kappa shape index (κ3) is 2.58. The summed E-state index contributed by atoms with van der Waals surface area (Å²) in [6, 6.07) is 8.12. The van der Waals surface area contributed by atoms with Crippen LogP contribution in [0.4, 0.5) is 5.69 Å². The lowest BCUT2D eigenvalue weighted by Gasteiger charge is -2.07. The minimum Gasteiger partial charge on any atom is -0.377 e. The molecule has 0 bridgehead atoms. The van der Waals surface area contributed by atoms with Crippen LogP contribution >= 0.6 is 15.9 Å². The van der Waals surface area contributed by atoms with Crippen LogP contribution in [0.15, 0.2) is 41.1 Å². The van der Waals surface area contributed by atoms with Crippen molar-refractivity contribution in [2.45, 2.75) is 6.54 Å². The number of fused-ring (bicyclic) bond motifs is 1. The fraction of sp³-hybridized carbons (Fsp3) is 0.154. The van der Waals surface area contributed by atoms with Crippen molar-refractivity contribution in [2.24, 2.45) is 7.05 Å². The number of anilines is 1. The fourth-order valence-corrected chi connectivity index (χ4v) is 2.29. The molecule has 96 valence electrons. The van der Waals surface area contributed by atoms with E-state index in [0.29, 0.717) is 6.54 Å². The van der Waals surface area contributed by atoms with Crippen LogP contribution in [0.3, 0.4) is 0 Å². The Bertz CT molecular complexity index is 722. The highest BCUT2D eigenvalue weighted by molar-refractivity contribution is 9.10. The van der Waals surface area contributed by atoms with Gasteiger partial charge in [0.15, 0.2) is 0 Å². The second kappa shape index (κ2) is 4.97. The zero-order valence-corrected chi connectivity index (χ0v) is 11.9. The van der Waals surface area contributed by atoms with Gasteiger partial charge in [0.1, 0.15) is 5.69 Å². The van der Waals surface area contributed by atoms with Crippen molar-refractivity contribution in [2.75, 3.05) is 5.32 Å². The summed E-state index contributed by atoms with van der Waals surface area (Å²) in [7, 11) is 1.85. The van der Waals surface area contributed by atoms with Gasteiger partial charge in [0.05, 0.1) is 17.7 Å². The van der Waals surface area contributed by atoms with Crippen LogP contribution in [-0.4, -0.2) is 20.0 Å². The molecule has 5 nitrogen and oxygen atoms in total. The summed E-state index contributed by atoms with van der Waals surface area (Å²) < 4.78 is 2.67. The average Bonchev–Trinajstić information content (AvgIpc) is 2.81. The molecule has 0 unspecified atom stereocenters. The largest absolute Gasteiger partial charge is 0.377 e. The lowest BCUT2D eigenvalue weighted by Crippen LogP contribution is -2.01. The number of benzene rings is 1. The van der Waals surface area contributed by atoms with Gasteiger partial charge in [0.2, 0.25) is 0 Å². The molecule has 0 amide bonds. The molecule has 0 radical (unpaired) electrons. The van der Waals surface area contributed by atoms with Gasteiger partial charge in [-0.05, 0) is 28.1 Å². The molecule has 0 atom stereocenters. The summed E-state index contributed by atoms with van der Waals surface area (Å²) in [5, 5.41) is 12.4. The topological polar surface area (TPSA) is 55.6 Å². The number of nitrogens with zero attached hydrogens (tertiary/aromatic N) is 4. The standard InChI is InChI=1S/C13H12BrN5/c1-19-8-11(17-18-19)7-15-12-4-2-3-9-5-10(14)6-16-13(9)12/h2-6,8,15H,7H2,1H3. The number of hydrogen-bond acceptors (Lipinski definition) is 4. The van der Waals surface area contributed by atoms with Gasteiger partial charge in [-0.3, -0.25) is 9.67 Å². The number of halogens is 1. The smallest absolute Gasteiger partial charge is 0.102 e. The minimum absolute atomic E-state index is 0.630. The predicted molar refractivity (Wildman–Crippen MR) is 77.8 cm³/mol. The van der Waals surface area contributed by atoms with E-state index in [9.17, 15) is 0 Å². The summed E-state index contributed by atoms with van der Waals surface area (Å²) in [5.74, 6) is 0. The lowest BCUT2D eigenvalue weighted by molar-refractivity contribution is 0.713. The van der Waals surface area contributed by atoms with Crippen molar-refractivity contribution < 1.29 is 0 Å². The number of rotatable bonds is 3. The molecule has 19 heavy (non-hydrogen) atoms. The SMILES string of the molecule is Cn1cc(CNc2cccc3cc(Br)cnc23)nn1. The van der Waals surface area contributed by atoms with E-state index in [2.05, 4.69) is 42.6 Å². The molecule has 2 aromatic heterocycles. The van der Waals surface area contributed by atoms with Crippen molar-refractivity contribution in [3.63, 3.8) is 0 Å². The Labute approximate surface area is 118 Å². The van der Waals surface area contributed by atoms with Crippen LogP contribution < -0.4 is 5.32 Å². The first kappa shape index (κ1) is 12.1. The summed E-state index contributed by atoms with van der Waals surface area (Å²) in [6.07, 6.45) is 3.69. The summed E-state index contributed by atoms with van der Waals surface area (Å²) in [5.41, 5.74) is 2.85. The van der Waals surface area contributed by atoms with Gasteiger partial charge in [-0.1, -0.05) is 17.3 Å². The second-order valence-corrected chi connectivity index (χ2v) is 5.18. The van der Waals surface area contributed by atoms with E-state index in [1.807, 2.05) is 31.4 Å². The van der Waals surface area contributed by atoms with Gasteiger partial charge in [0.25, 0.3) is 0 Å². The average molecular weight is 318 g/mol. The van der Waals surface area contributed by atoms with E-state index in [4.69, 9.17) is 0 Å². The van der Waals surface area contributed by atoms with Crippen LogP contribution in [0.1, 0.15) is 5.69 Å². The van der Waals surface area contributed by atoms with E-state index in [0.717, 1.165) is 26.8 Å². The van der Waals surface area contributed by atoms with Gasteiger partial charge in [0, 0.05) is 29.3 Å². The van der Waals surface area contributed by atoms with Crippen molar-refractivity contribution in [1.82, 2.24) is 20.0 Å². The highest BCUT2D eigenvalue weighted by Gasteiger charge is 2.04. The van der Waals surface area contributed by atoms with Crippen LogP contribution in [0.5, 0.6) is 0 Å². The maximum absolute atomic E-state index is 4.45. The first-order valence-corrected chi connectivity index (χ1v) is 6.65. The van der Waals surface area contributed by atoms with Crippen molar-refractivity contribution >= 4 is 32.5 Å². The molecular weight excluding hydrogens is 306 g/mol. The number of hydrogen-bond donors (Lipinski definition) is 1. The second-order valence-electron chi connectivity index (χ2n) is 4.27. The first-order chi connectivity index (χ1) is 9.22. The Kier molecular flexibility index (Phi) is 3.16. The molecule has 0 fully saturated rings. The zero-order valence-electron chi connectivity index (χ0n) is 10.3. The van der Waals surface area contributed by atoms with Gasteiger partial charge < -0.3 is 5.32 Å². The molecule has 0 aliphatic carbocycles. The Balaban J connectivity index is 1.88. The molecule has 1 aromatic carbocycles. The van der Waals surface area contributed by atoms with E-state index in [1.165, 1.54) is 0 Å².